The first-order chi connectivity index (χ1) is 11.9. The minimum Gasteiger partial charge on any atom is -0.478 e. The van der Waals surface area contributed by atoms with E-state index in [-0.39, 0.29) is 11.5 Å². The minimum atomic E-state index is -1.04. The lowest BCUT2D eigenvalue weighted by Gasteiger charge is -2.17. The van der Waals surface area contributed by atoms with Crippen molar-refractivity contribution in [2.45, 2.75) is 13.8 Å². The van der Waals surface area contributed by atoms with Crippen LogP contribution >= 0.6 is 24.0 Å². The van der Waals surface area contributed by atoms with Crippen molar-refractivity contribution in [3.05, 3.63) is 69.6 Å². The van der Waals surface area contributed by atoms with E-state index in [1.165, 1.54) is 28.8 Å². The molecule has 0 radical (unpaired) electrons. The summed E-state index contributed by atoms with van der Waals surface area (Å²) in [6, 6.07) is 12.5. The molecule has 3 rings (SSSR count). The maximum Gasteiger partial charge on any atom is 0.335 e. The zero-order valence-corrected chi connectivity index (χ0v) is 15.3. The lowest BCUT2D eigenvalue weighted by atomic mass is 10.1. The van der Waals surface area contributed by atoms with Crippen molar-refractivity contribution < 1.29 is 14.7 Å². The number of carbonyl (C=O) groups excluding carboxylic acids is 1. The fraction of sp³-hybridized carbons (Fsp3) is 0.105. The molecule has 0 bridgehead atoms. The number of hydrogen-bond donors (Lipinski definition) is 1. The summed E-state index contributed by atoms with van der Waals surface area (Å²) in [6.07, 6.45) is 1.82. The fourth-order valence-electron chi connectivity index (χ4n) is 2.55. The summed E-state index contributed by atoms with van der Waals surface area (Å²) >= 11 is 6.60. The van der Waals surface area contributed by atoms with Gasteiger partial charge in [-0.25, -0.2) is 4.79 Å². The van der Waals surface area contributed by atoms with E-state index in [9.17, 15) is 14.7 Å². The van der Waals surface area contributed by atoms with Crippen molar-refractivity contribution in [2.24, 2.45) is 0 Å². The summed E-state index contributed by atoms with van der Waals surface area (Å²) in [5, 5.41) is 9.20. The molecule has 1 saturated heterocycles. The zero-order valence-electron chi connectivity index (χ0n) is 13.6. The number of benzene rings is 2. The summed E-state index contributed by atoms with van der Waals surface area (Å²) < 4.78 is 0.399. The average molecular weight is 369 g/mol. The van der Waals surface area contributed by atoms with Crippen molar-refractivity contribution in [3.8, 4) is 0 Å². The van der Waals surface area contributed by atoms with Gasteiger partial charge in [-0.1, -0.05) is 54.3 Å². The maximum absolute atomic E-state index is 12.9. The van der Waals surface area contributed by atoms with Crippen LogP contribution in [0.4, 0.5) is 5.69 Å². The molecule has 126 valence electrons. The summed E-state index contributed by atoms with van der Waals surface area (Å²) in [5.41, 5.74) is 3.45. The van der Waals surface area contributed by atoms with Crippen LogP contribution in [0, 0.1) is 13.8 Å². The number of rotatable bonds is 3. The molecule has 1 aliphatic heterocycles. The zero-order chi connectivity index (χ0) is 18.1. The van der Waals surface area contributed by atoms with E-state index in [1.54, 1.807) is 6.07 Å². The normalized spacial score (nSPS) is 15.9. The Balaban J connectivity index is 2.02. The van der Waals surface area contributed by atoms with Gasteiger partial charge >= 0.3 is 5.97 Å². The molecule has 0 aromatic heterocycles. The van der Waals surface area contributed by atoms with Gasteiger partial charge in [-0.05, 0) is 48.7 Å². The molecular formula is C19H15NO3S2. The Labute approximate surface area is 155 Å². The van der Waals surface area contributed by atoms with E-state index in [4.69, 9.17) is 12.2 Å². The second kappa shape index (κ2) is 6.82. The average Bonchev–Trinajstić information content (AvgIpc) is 2.84. The first kappa shape index (κ1) is 17.4. The molecule has 25 heavy (non-hydrogen) atoms. The molecule has 0 aliphatic carbocycles. The molecule has 0 spiro atoms. The number of carboxylic acids is 1. The van der Waals surface area contributed by atoms with Crippen LogP contribution < -0.4 is 4.90 Å². The standard InChI is InChI=1S/C19H15NO3S2/c1-11-5-3-4-6-13(11)10-16-17(21)20(19(24)25-16)15-9-14(18(22)23)8-7-12(15)2/h3-10H,1-2H3,(H,22,23). The SMILES string of the molecule is Cc1ccccc1C=C1SC(=S)N(c2cc(C(=O)O)ccc2C)C1=O. The third-order valence-corrected chi connectivity index (χ3v) is 5.27. The number of thiocarbonyl (C=S) groups is 1. The van der Waals surface area contributed by atoms with E-state index >= 15 is 0 Å². The molecule has 4 nitrogen and oxygen atoms in total. The third kappa shape index (κ3) is 3.36. The highest BCUT2D eigenvalue weighted by molar-refractivity contribution is 8.27. The highest BCUT2D eigenvalue weighted by Gasteiger charge is 2.34. The molecule has 0 unspecified atom stereocenters. The topological polar surface area (TPSA) is 57.6 Å². The number of nitrogens with zero attached hydrogens (tertiary/aromatic N) is 1. The maximum atomic E-state index is 12.9. The van der Waals surface area contributed by atoms with E-state index in [2.05, 4.69) is 0 Å². The van der Waals surface area contributed by atoms with Gasteiger partial charge in [0.2, 0.25) is 0 Å². The van der Waals surface area contributed by atoms with E-state index in [0.29, 0.717) is 14.9 Å². The molecule has 1 amide bonds. The number of carbonyl (C=O) groups is 2. The summed E-state index contributed by atoms with van der Waals surface area (Å²) in [6.45, 7) is 3.80. The minimum absolute atomic E-state index is 0.123. The largest absolute Gasteiger partial charge is 0.478 e. The van der Waals surface area contributed by atoms with Crippen molar-refractivity contribution in [1.82, 2.24) is 0 Å². The highest BCUT2D eigenvalue weighted by atomic mass is 32.2. The number of thioether (sulfide) groups is 1. The van der Waals surface area contributed by atoms with Crippen LogP contribution in [-0.2, 0) is 4.79 Å². The lowest BCUT2D eigenvalue weighted by molar-refractivity contribution is -0.113. The Morgan fingerprint density at radius 3 is 2.56 bits per heavy atom. The smallest absolute Gasteiger partial charge is 0.335 e. The van der Waals surface area contributed by atoms with Crippen molar-refractivity contribution >= 4 is 51.9 Å². The number of aromatic carboxylic acids is 1. The van der Waals surface area contributed by atoms with Gasteiger partial charge in [-0.3, -0.25) is 9.69 Å². The van der Waals surface area contributed by atoms with Crippen LogP contribution in [-0.4, -0.2) is 21.3 Å². The quantitative estimate of drug-likeness (QED) is 0.642. The second-order valence-corrected chi connectivity index (χ2v) is 7.36. The molecule has 2 aromatic rings. The number of anilines is 1. The molecular weight excluding hydrogens is 354 g/mol. The molecule has 1 N–H and O–H groups in total. The van der Waals surface area contributed by atoms with E-state index < -0.39 is 5.97 Å². The predicted molar refractivity (Wildman–Crippen MR) is 105 cm³/mol. The van der Waals surface area contributed by atoms with Gasteiger partial charge in [0.15, 0.2) is 4.32 Å². The molecule has 1 aliphatic rings. The van der Waals surface area contributed by atoms with Gasteiger partial charge in [0, 0.05) is 0 Å². The molecule has 6 heteroatoms. The Bertz CT molecular complexity index is 934. The van der Waals surface area contributed by atoms with Gasteiger partial charge in [0.25, 0.3) is 5.91 Å². The monoisotopic (exact) mass is 369 g/mol. The summed E-state index contributed by atoms with van der Waals surface area (Å²) in [7, 11) is 0. The first-order valence-corrected chi connectivity index (χ1v) is 8.78. The van der Waals surface area contributed by atoms with Gasteiger partial charge in [-0.2, -0.15) is 0 Å². The number of carboxylic acid groups (broad SMARTS) is 1. The molecule has 0 saturated carbocycles. The Kier molecular flexibility index (Phi) is 4.74. The van der Waals surface area contributed by atoms with Gasteiger partial charge in [-0.15, -0.1) is 0 Å². The predicted octanol–water partition coefficient (Wildman–Crippen LogP) is 4.41. The van der Waals surface area contributed by atoms with Crippen LogP contribution in [0.3, 0.4) is 0 Å². The van der Waals surface area contributed by atoms with Crippen molar-refractivity contribution in [2.75, 3.05) is 4.90 Å². The van der Waals surface area contributed by atoms with Crippen LogP contribution in [0.15, 0.2) is 47.4 Å². The lowest BCUT2D eigenvalue weighted by Crippen LogP contribution is -2.28. The van der Waals surface area contributed by atoms with Crippen LogP contribution in [0.1, 0.15) is 27.0 Å². The molecule has 0 atom stereocenters. The molecule has 2 aromatic carbocycles. The van der Waals surface area contributed by atoms with Crippen molar-refractivity contribution in [1.29, 1.82) is 0 Å². The van der Waals surface area contributed by atoms with Crippen molar-refractivity contribution in [3.63, 3.8) is 0 Å². The van der Waals surface area contributed by atoms with Crippen LogP contribution in [0.2, 0.25) is 0 Å². The Hall–Kier alpha value is -2.44. The summed E-state index contributed by atoms with van der Waals surface area (Å²) in [5.74, 6) is -1.27. The molecule has 1 fully saturated rings. The molecule has 1 heterocycles. The third-order valence-electron chi connectivity index (χ3n) is 3.97. The Morgan fingerprint density at radius 1 is 1.16 bits per heavy atom. The van der Waals surface area contributed by atoms with Crippen LogP contribution in [0.5, 0.6) is 0 Å². The fourth-order valence-corrected chi connectivity index (χ4v) is 3.82. The summed E-state index contributed by atoms with van der Waals surface area (Å²) in [4.78, 5) is 26.0. The Morgan fingerprint density at radius 2 is 1.88 bits per heavy atom. The van der Waals surface area contributed by atoms with Crippen LogP contribution in [0.25, 0.3) is 6.08 Å². The van der Waals surface area contributed by atoms with E-state index in [1.807, 2.05) is 44.2 Å². The number of hydrogen-bond acceptors (Lipinski definition) is 4. The highest BCUT2D eigenvalue weighted by Crippen LogP contribution is 2.37. The second-order valence-electron chi connectivity index (χ2n) is 5.68. The number of amides is 1. The van der Waals surface area contributed by atoms with Gasteiger partial charge in [0.1, 0.15) is 0 Å². The van der Waals surface area contributed by atoms with Gasteiger partial charge < -0.3 is 5.11 Å². The number of aryl methyl sites for hydroxylation is 2. The van der Waals surface area contributed by atoms with Gasteiger partial charge in [0.05, 0.1) is 16.2 Å². The van der Waals surface area contributed by atoms with E-state index in [0.717, 1.165) is 16.7 Å². The first-order valence-electron chi connectivity index (χ1n) is 7.56.